The number of benzene rings is 8. The maximum Gasteiger partial charge on any atom is 0.0629 e. The Morgan fingerprint density at radius 2 is 0.953 bits per heavy atom. The molecule has 8 aromatic carbocycles. The zero-order chi connectivity index (χ0) is 35.3. The lowest BCUT2D eigenvalue weighted by Gasteiger charge is -2.18. The highest BCUT2D eigenvalue weighted by Gasteiger charge is 2.24. The minimum absolute atomic E-state index is 0.215. The Kier molecular flexibility index (Phi) is 3.88. The second kappa shape index (κ2) is 9.54. The van der Waals surface area contributed by atoms with E-state index in [0.29, 0.717) is 22.3 Å². The van der Waals surface area contributed by atoms with Crippen LogP contribution in [0.2, 0.25) is 0 Å². The second-order valence-electron chi connectivity index (χ2n) is 11.0. The van der Waals surface area contributed by atoms with Crippen LogP contribution in [0, 0.1) is 0 Å². The van der Waals surface area contributed by atoms with E-state index in [1.165, 1.54) is 33.0 Å². The number of hydrogen-bond acceptors (Lipinski definition) is 0. The molecule has 200 valence electrons. The highest BCUT2D eigenvalue weighted by Crippen LogP contribution is 2.47. The van der Waals surface area contributed by atoms with Crippen molar-refractivity contribution in [1.82, 2.24) is 0 Å². The molecule has 0 N–H and O–H groups in total. The zero-order valence-electron chi connectivity index (χ0n) is 31.1. The third-order valence-electron chi connectivity index (χ3n) is 8.76. The summed E-state index contributed by atoms with van der Waals surface area (Å²) in [6.45, 7) is 0. The van der Waals surface area contributed by atoms with E-state index in [2.05, 4.69) is 54.6 Å². The summed E-state index contributed by atoms with van der Waals surface area (Å²) in [6.07, 6.45) is 0.755. The van der Waals surface area contributed by atoms with Gasteiger partial charge in [0.25, 0.3) is 0 Å². The Bertz CT molecular complexity index is 2720. The molecule has 1 aliphatic carbocycles. The second-order valence-corrected chi connectivity index (χ2v) is 11.0. The van der Waals surface area contributed by atoms with Gasteiger partial charge >= 0.3 is 0 Å². The molecular formula is C43H28. The van der Waals surface area contributed by atoms with Crippen molar-refractivity contribution in [1.29, 1.82) is 0 Å². The molecule has 0 saturated heterocycles. The van der Waals surface area contributed by atoms with Gasteiger partial charge in [-0.25, -0.2) is 0 Å². The molecule has 43 heavy (non-hydrogen) atoms. The first-order valence-electron chi connectivity index (χ1n) is 18.4. The molecule has 0 heteroatoms. The monoisotopic (exact) mass is 552 g/mol. The maximum absolute atomic E-state index is 9.25. The molecular weight excluding hydrogens is 516 g/mol. The van der Waals surface area contributed by atoms with E-state index in [-0.39, 0.29) is 45.7 Å². The number of rotatable bonds is 3. The normalized spacial score (nSPS) is 14.7. The van der Waals surface area contributed by atoms with Crippen molar-refractivity contribution >= 4 is 32.3 Å². The van der Waals surface area contributed by atoms with E-state index in [9.17, 15) is 2.74 Å². The average molecular weight is 553 g/mol. The molecule has 0 nitrogen and oxygen atoms in total. The maximum atomic E-state index is 9.25. The third kappa shape index (κ3) is 3.70. The summed E-state index contributed by atoms with van der Waals surface area (Å²) in [4.78, 5) is 0. The van der Waals surface area contributed by atoms with E-state index in [0.717, 1.165) is 17.5 Å². The van der Waals surface area contributed by atoms with Crippen LogP contribution in [0.1, 0.15) is 22.1 Å². The lowest BCUT2D eigenvalue weighted by atomic mass is 9.85. The highest BCUT2D eigenvalue weighted by molar-refractivity contribution is 6.21. The molecule has 0 aliphatic heterocycles. The molecule has 0 saturated carbocycles. The SMILES string of the molecule is [2H]c1c([2H])c([2H])c2c(-c3cccc(-c4cccc5c4Cc4c-5ccc5ccccc45)c3)c3c([2H])c([2H])c([2H])c([2H])c3c(-c3ccccc3)c2c1[2H]. The molecule has 0 bridgehead atoms. The van der Waals surface area contributed by atoms with Crippen LogP contribution in [0.3, 0.4) is 0 Å². The van der Waals surface area contributed by atoms with Crippen molar-refractivity contribution in [3.8, 4) is 44.5 Å². The lowest BCUT2D eigenvalue weighted by Crippen LogP contribution is -1.92. The first-order chi connectivity index (χ1) is 24.7. The van der Waals surface area contributed by atoms with Gasteiger partial charge in [-0.3, -0.25) is 0 Å². The molecule has 0 aromatic heterocycles. The van der Waals surface area contributed by atoms with Crippen LogP contribution in [0.25, 0.3) is 76.8 Å². The van der Waals surface area contributed by atoms with E-state index in [4.69, 9.17) is 8.22 Å². The van der Waals surface area contributed by atoms with Crippen LogP contribution in [-0.2, 0) is 6.42 Å². The molecule has 9 rings (SSSR count). The van der Waals surface area contributed by atoms with Gasteiger partial charge in [-0.1, -0.05) is 151 Å². The average Bonchev–Trinajstić information content (AvgIpc) is 3.56. The molecule has 0 atom stereocenters. The van der Waals surface area contributed by atoms with Gasteiger partial charge in [-0.15, -0.1) is 0 Å². The van der Waals surface area contributed by atoms with Gasteiger partial charge in [0.05, 0.1) is 11.0 Å². The van der Waals surface area contributed by atoms with Crippen molar-refractivity contribution in [2.24, 2.45) is 0 Å². The molecule has 8 aromatic rings. The van der Waals surface area contributed by atoms with Crippen molar-refractivity contribution in [3.63, 3.8) is 0 Å². The molecule has 1 aliphatic rings. The van der Waals surface area contributed by atoms with Gasteiger partial charge in [0.15, 0.2) is 0 Å². The first-order valence-corrected chi connectivity index (χ1v) is 14.4. The smallest absolute Gasteiger partial charge is 0.0622 e. The Morgan fingerprint density at radius 3 is 1.70 bits per heavy atom. The van der Waals surface area contributed by atoms with Crippen molar-refractivity contribution < 1.29 is 11.0 Å². The zero-order valence-corrected chi connectivity index (χ0v) is 23.1. The summed E-state index contributed by atoms with van der Waals surface area (Å²) in [5.74, 6) is 0. The summed E-state index contributed by atoms with van der Waals surface area (Å²) in [6, 6.07) is 33.2. The van der Waals surface area contributed by atoms with Gasteiger partial charge < -0.3 is 0 Å². The van der Waals surface area contributed by atoms with Gasteiger partial charge in [0.2, 0.25) is 0 Å². The van der Waals surface area contributed by atoms with Crippen LogP contribution in [0.15, 0.2) is 158 Å². The Balaban J connectivity index is 1.38. The molecule has 0 spiro atoms. The van der Waals surface area contributed by atoms with Gasteiger partial charge in [0.1, 0.15) is 0 Å². The fourth-order valence-corrected chi connectivity index (χ4v) is 6.91. The minimum Gasteiger partial charge on any atom is -0.0622 e. The van der Waals surface area contributed by atoms with Gasteiger partial charge in [-0.2, -0.15) is 0 Å². The number of fused-ring (bicyclic) bond motifs is 7. The third-order valence-corrected chi connectivity index (χ3v) is 8.76. The molecule has 0 heterocycles. The van der Waals surface area contributed by atoms with Crippen LogP contribution < -0.4 is 0 Å². The lowest BCUT2D eigenvalue weighted by molar-refractivity contribution is 1.28. The van der Waals surface area contributed by atoms with E-state index in [1.807, 2.05) is 30.3 Å². The Labute approximate surface area is 262 Å². The largest absolute Gasteiger partial charge is 0.0629 e. The van der Waals surface area contributed by atoms with E-state index >= 15 is 0 Å². The van der Waals surface area contributed by atoms with Crippen LogP contribution in [0.5, 0.6) is 0 Å². The van der Waals surface area contributed by atoms with Crippen LogP contribution >= 0.6 is 0 Å². The van der Waals surface area contributed by atoms with Gasteiger partial charge in [-0.05, 0) is 100 Å². The van der Waals surface area contributed by atoms with Crippen molar-refractivity contribution in [3.05, 3.63) is 169 Å². The standard InChI is InChI=1S/C43H28/c1-2-13-29(14-3-1)42-36-18-6-8-20-38(36)43(39-21-9-7-19-37(39)42)31-16-10-15-30(26-31)33-22-11-23-34-35-25-24-28-12-4-5-17-32(28)40(35)27-41(33)34/h1-26H,27H2/i6D,7D,8D,9D,18D,19D,20D,21D. The highest BCUT2D eigenvalue weighted by atomic mass is 14.3. The van der Waals surface area contributed by atoms with Crippen LogP contribution in [0.4, 0.5) is 0 Å². The fourth-order valence-electron chi connectivity index (χ4n) is 6.91. The quantitative estimate of drug-likeness (QED) is 0.191. The van der Waals surface area contributed by atoms with Crippen molar-refractivity contribution in [2.75, 3.05) is 0 Å². The summed E-state index contributed by atoms with van der Waals surface area (Å²) >= 11 is 0. The minimum atomic E-state index is -0.407. The Hall–Kier alpha value is -5.46. The van der Waals surface area contributed by atoms with Crippen molar-refractivity contribution in [2.45, 2.75) is 6.42 Å². The fraction of sp³-hybridized carbons (Fsp3) is 0.0233. The number of hydrogen-bond donors (Lipinski definition) is 0. The van der Waals surface area contributed by atoms with Crippen LogP contribution in [-0.4, -0.2) is 0 Å². The predicted octanol–water partition coefficient (Wildman–Crippen LogP) is 11.7. The first kappa shape index (κ1) is 17.5. The Morgan fingerprint density at radius 1 is 0.395 bits per heavy atom. The summed E-state index contributed by atoms with van der Waals surface area (Å²) in [5.41, 5.74) is 8.68. The summed E-state index contributed by atoms with van der Waals surface area (Å²) in [5, 5.41) is 3.28. The molecule has 0 unspecified atom stereocenters. The molecule has 0 fully saturated rings. The topological polar surface area (TPSA) is 0 Å². The summed E-state index contributed by atoms with van der Waals surface area (Å²) < 4.78 is 71.6. The van der Waals surface area contributed by atoms with E-state index < -0.39 is 24.2 Å². The molecule has 0 radical (unpaired) electrons. The predicted molar refractivity (Wildman–Crippen MR) is 184 cm³/mol. The van der Waals surface area contributed by atoms with E-state index in [1.54, 1.807) is 24.3 Å². The van der Waals surface area contributed by atoms with Gasteiger partial charge in [0, 0.05) is 0 Å². The summed E-state index contributed by atoms with van der Waals surface area (Å²) in [7, 11) is 0. The molecule has 0 amide bonds.